The second kappa shape index (κ2) is 10.7. The molecule has 0 aliphatic heterocycles. The van der Waals surface area contributed by atoms with Crippen LogP contribution in [0.25, 0.3) is 10.8 Å². The molecule has 4 aromatic carbocycles. The van der Waals surface area contributed by atoms with Crippen molar-refractivity contribution in [3.63, 3.8) is 0 Å². The summed E-state index contributed by atoms with van der Waals surface area (Å²) in [5, 5.41) is 0.906. The van der Waals surface area contributed by atoms with Gasteiger partial charge in [-0.15, -0.1) is 0 Å². The van der Waals surface area contributed by atoms with Crippen molar-refractivity contribution in [2.75, 3.05) is 13.7 Å². The Hall–Kier alpha value is -3.69. The fourth-order valence-electron chi connectivity index (χ4n) is 3.79. The zero-order chi connectivity index (χ0) is 24.9. The molecule has 0 aliphatic carbocycles. The fourth-order valence-corrected chi connectivity index (χ4v) is 3.79. The van der Waals surface area contributed by atoms with Gasteiger partial charge in [-0.1, -0.05) is 30.0 Å². The Labute approximate surface area is 200 Å². The molecule has 0 heterocycles. The van der Waals surface area contributed by atoms with E-state index in [1.165, 1.54) is 24.3 Å². The van der Waals surface area contributed by atoms with Gasteiger partial charge in [0.2, 0.25) is 0 Å². The Morgan fingerprint density at radius 1 is 0.600 bits per heavy atom. The van der Waals surface area contributed by atoms with Crippen molar-refractivity contribution in [3.8, 4) is 11.8 Å². The number of fused-ring (bicyclic) bond motifs is 1. The lowest BCUT2D eigenvalue weighted by Gasteiger charge is -2.08. The van der Waals surface area contributed by atoms with E-state index in [1.54, 1.807) is 25.3 Å². The molecule has 6 heteroatoms. The molecule has 0 bridgehead atoms. The summed E-state index contributed by atoms with van der Waals surface area (Å²) in [5.74, 6) is 1.20. The Morgan fingerprint density at radius 2 is 1.29 bits per heavy atom. The maximum absolute atomic E-state index is 14.6. The Bertz CT molecular complexity index is 1430. The Kier molecular flexibility index (Phi) is 7.48. The molecule has 0 radical (unpaired) electrons. The predicted molar refractivity (Wildman–Crippen MR) is 126 cm³/mol. The molecule has 4 aromatic rings. The zero-order valence-electron chi connectivity index (χ0n) is 18.9. The second-order valence-corrected chi connectivity index (χ2v) is 8.18. The minimum absolute atomic E-state index is 0.253. The first-order valence-electron chi connectivity index (χ1n) is 11.0. The molecule has 35 heavy (non-hydrogen) atoms. The summed E-state index contributed by atoms with van der Waals surface area (Å²) in [7, 11) is 1.58. The lowest BCUT2D eigenvalue weighted by Crippen LogP contribution is -2.00. The molecule has 178 valence electrons. The largest absolute Gasteiger partial charge is 0.384 e. The third-order valence-electron chi connectivity index (χ3n) is 5.71. The highest BCUT2D eigenvalue weighted by molar-refractivity contribution is 5.84. The summed E-state index contributed by atoms with van der Waals surface area (Å²) in [4.78, 5) is 0. The number of hydrogen-bond acceptors (Lipinski definition) is 1. The number of benzene rings is 4. The average molecular weight is 480 g/mol. The van der Waals surface area contributed by atoms with Crippen LogP contribution in [0.3, 0.4) is 0 Å². The molecule has 0 amide bonds. The van der Waals surface area contributed by atoms with Gasteiger partial charge >= 0.3 is 0 Å². The van der Waals surface area contributed by atoms with Crippen LogP contribution in [-0.2, 0) is 24.0 Å². The quantitative estimate of drug-likeness (QED) is 0.215. The third-order valence-corrected chi connectivity index (χ3v) is 5.71. The predicted octanol–water partition coefficient (Wildman–Crippen LogP) is 6.91. The van der Waals surface area contributed by atoms with Gasteiger partial charge in [0, 0.05) is 12.7 Å². The summed E-state index contributed by atoms with van der Waals surface area (Å²) in [5.41, 5.74) is 1.67. The lowest BCUT2D eigenvalue weighted by atomic mass is 10.0. The van der Waals surface area contributed by atoms with Crippen molar-refractivity contribution in [2.45, 2.75) is 19.3 Å². The minimum Gasteiger partial charge on any atom is -0.384 e. The zero-order valence-corrected chi connectivity index (χ0v) is 18.9. The Balaban J connectivity index is 1.49. The molecule has 0 fully saturated rings. The van der Waals surface area contributed by atoms with Crippen LogP contribution in [0.1, 0.15) is 27.8 Å². The van der Waals surface area contributed by atoms with Gasteiger partial charge in [0.05, 0.1) is 12.2 Å². The van der Waals surface area contributed by atoms with Crippen molar-refractivity contribution in [3.05, 3.63) is 118 Å². The van der Waals surface area contributed by atoms with E-state index < -0.39 is 28.8 Å². The lowest BCUT2D eigenvalue weighted by molar-refractivity contribution is 0.202. The van der Waals surface area contributed by atoms with E-state index >= 15 is 0 Å². The smallest absolute Gasteiger partial charge is 0.159 e. The monoisotopic (exact) mass is 480 g/mol. The van der Waals surface area contributed by atoms with Gasteiger partial charge in [-0.2, -0.15) is 0 Å². The van der Waals surface area contributed by atoms with Crippen LogP contribution in [0.15, 0.2) is 60.7 Å². The molecule has 0 spiro atoms. The molecule has 0 aliphatic rings. The first-order chi connectivity index (χ1) is 16.8. The van der Waals surface area contributed by atoms with Crippen LogP contribution in [0.5, 0.6) is 0 Å². The van der Waals surface area contributed by atoms with Crippen molar-refractivity contribution in [1.82, 2.24) is 0 Å². The average Bonchev–Trinajstić information content (AvgIpc) is 2.82. The molecule has 0 saturated carbocycles. The SMILES string of the molecule is COCCc1ccc(CCc2cc(F)c(C#Cc3ccc4cc(F)c(F)cc4c3)c(F)c2)c(F)c1. The van der Waals surface area contributed by atoms with Gasteiger partial charge in [0.15, 0.2) is 11.6 Å². The summed E-state index contributed by atoms with van der Waals surface area (Å²) < 4.78 is 75.4. The van der Waals surface area contributed by atoms with Crippen molar-refractivity contribution in [2.24, 2.45) is 0 Å². The van der Waals surface area contributed by atoms with Crippen LogP contribution in [0, 0.1) is 40.9 Å². The van der Waals surface area contributed by atoms with Crippen molar-refractivity contribution < 1.29 is 26.7 Å². The first kappa shape index (κ1) is 24.4. The number of rotatable bonds is 6. The molecule has 0 unspecified atom stereocenters. The summed E-state index contributed by atoms with van der Waals surface area (Å²) in [6.07, 6.45) is 1.14. The number of aryl methyl sites for hydroxylation is 2. The van der Waals surface area contributed by atoms with E-state index in [2.05, 4.69) is 11.8 Å². The highest BCUT2D eigenvalue weighted by Gasteiger charge is 2.11. The second-order valence-electron chi connectivity index (χ2n) is 8.18. The van der Waals surface area contributed by atoms with E-state index in [9.17, 15) is 22.0 Å². The highest BCUT2D eigenvalue weighted by atomic mass is 19.2. The molecule has 4 rings (SSSR count). The van der Waals surface area contributed by atoms with E-state index in [4.69, 9.17) is 4.74 Å². The van der Waals surface area contributed by atoms with E-state index in [-0.39, 0.29) is 18.7 Å². The van der Waals surface area contributed by atoms with Gasteiger partial charge in [-0.05, 0) is 89.2 Å². The van der Waals surface area contributed by atoms with Crippen LogP contribution >= 0.6 is 0 Å². The standard InChI is InChI=1S/C29H21F5O/c1-35-11-10-19-2-6-21(25(30)13-19)7-4-20-14-26(31)24(27(32)15-20)9-5-18-3-8-22-16-28(33)29(34)17-23(22)12-18/h2-3,6,8,12-17H,4,7,10-11H2,1H3. The highest BCUT2D eigenvalue weighted by Crippen LogP contribution is 2.21. The van der Waals surface area contributed by atoms with E-state index in [0.29, 0.717) is 40.5 Å². The Morgan fingerprint density at radius 3 is 1.97 bits per heavy atom. The number of hydrogen-bond donors (Lipinski definition) is 0. The van der Waals surface area contributed by atoms with Crippen molar-refractivity contribution >= 4 is 10.8 Å². The van der Waals surface area contributed by atoms with Gasteiger partial charge in [-0.25, -0.2) is 22.0 Å². The molecule has 0 N–H and O–H groups in total. The molecule has 0 atom stereocenters. The maximum Gasteiger partial charge on any atom is 0.159 e. The molecule has 0 aromatic heterocycles. The van der Waals surface area contributed by atoms with Gasteiger partial charge in [0.25, 0.3) is 0 Å². The van der Waals surface area contributed by atoms with Crippen LogP contribution in [-0.4, -0.2) is 13.7 Å². The van der Waals surface area contributed by atoms with Crippen LogP contribution in [0.4, 0.5) is 22.0 Å². The number of ether oxygens (including phenoxy) is 1. The third kappa shape index (κ3) is 5.87. The van der Waals surface area contributed by atoms with Crippen LogP contribution < -0.4 is 0 Å². The van der Waals surface area contributed by atoms with Gasteiger partial charge in [0.1, 0.15) is 17.5 Å². The summed E-state index contributed by atoms with van der Waals surface area (Å²) >= 11 is 0. The molecular weight excluding hydrogens is 459 g/mol. The van der Waals surface area contributed by atoms with E-state index in [0.717, 1.165) is 17.7 Å². The number of halogens is 5. The topological polar surface area (TPSA) is 9.23 Å². The summed E-state index contributed by atoms with van der Waals surface area (Å²) in [6.45, 7) is 0.492. The van der Waals surface area contributed by atoms with Crippen molar-refractivity contribution in [1.29, 1.82) is 0 Å². The van der Waals surface area contributed by atoms with E-state index in [1.807, 2.05) is 6.07 Å². The summed E-state index contributed by atoms with van der Waals surface area (Å²) in [6, 6.07) is 14.1. The normalized spacial score (nSPS) is 10.9. The first-order valence-corrected chi connectivity index (χ1v) is 11.0. The minimum atomic E-state index is -0.989. The molecule has 0 saturated heterocycles. The maximum atomic E-state index is 14.6. The van der Waals surface area contributed by atoms with Crippen LogP contribution in [0.2, 0.25) is 0 Å². The fraction of sp³-hybridized carbons (Fsp3) is 0.172. The van der Waals surface area contributed by atoms with Gasteiger partial charge < -0.3 is 4.74 Å². The molecule has 1 nitrogen and oxygen atoms in total. The molecular formula is C29H21F5O. The number of methoxy groups -OCH3 is 1. The van der Waals surface area contributed by atoms with Gasteiger partial charge in [-0.3, -0.25) is 0 Å².